The summed E-state index contributed by atoms with van der Waals surface area (Å²) in [4.78, 5) is 0. The van der Waals surface area contributed by atoms with Crippen molar-refractivity contribution in [2.75, 3.05) is 0 Å². The normalized spacial score (nSPS) is 13.5. The number of hydrogen-bond donors (Lipinski definition) is 2. The van der Waals surface area contributed by atoms with Crippen LogP contribution >= 0.6 is 0 Å². The number of rotatable bonds is 5. The predicted molar refractivity (Wildman–Crippen MR) is 72.3 cm³/mol. The molecule has 2 rings (SSSR count). The van der Waals surface area contributed by atoms with Gasteiger partial charge in [-0.1, -0.05) is 18.2 Å². The Bertz CT molecular complexity index is 520. The summed E-state index contributed by atoms with van der Waals surface area (Å²) in [7, 11) is 0. The first-order valence-electron chi connectivity index (χ1n) is 6.30. The molecule has 102 valence electrons. The van der Waals surface area contributed by atoms with Crippen molar-refractivity contribution < 1.29 is 9.52 Å². The van der Waals surface area contributed by atoms with E-state index in [1.54, 1.807) is 6.92 Å². The molecule has 0 aliphatic carbocycles. The number of aliphatic hydroxyl groups excluding tert-OH is 1. The Morgan fingerprint density at radius 3 is 2.58 bits per heavy atom. The Morgan fingerprint density at radius 1 is 1.26 bits per heavy atom. The van der Waals surface area contributed by atoms with Crippen molar-refractivity contribution >= 4 is 0 Å². The fourth-order valence-corrected chi connectivity index (χ4v) is 1.47. The van der Waals surface area contributed by atoms with Gasteiger partial charge in [-0.3, -0.25) is 0 Å². The zero-order chi connectivity index (χ0) is 13.9. The number of nitrogens with zero attached hydrogens (tertiary/aromatic N) is 2. The molecule has 0 saturated carbocycles. The molecule has 0 aliphatic rings. The zero-order valence-corrected chi connectivity index (χ0v) is 11.4. The molecule has 0 fully saturated rings. The lowest BCUT2D eigenvalue weighted by molar-refractivity contribution is 0.0939. The van der Waals surface area contributed by atoms with E-state index >= 15 is 0 Å². The highest BCUT2D eigenvalue weighted by molar-refractivity contribution is 5.51. The summed E-state index contributed by atoms with van der Waals surface area (Å²) < 4.78 is 5.58. The van der Waals surface area contributed by atoms with Crippen LogP contribution in [0.25, 0.3) is 11.5 Å². The first-order valence-corrected chi connectivity index (χ1v) is 6.30. The van der Waals surface area contributed by atoms with E-state index in [0.29, 0.717) is 18.3 Å². The molecule has 0 saturated heterocycles. The number of hydrogen-bond acceptors (Lipinski definition) is 5. The lowest BCUT2D eigenvalue weighted by Crippen LogP contribution is -2.47. The molecule has 1 unspecified atom stereocenters. The quantitative estimate of drug-likeness (QED) is 0.861. The van der Waals surface area contributed by atoms with Crippen LogP contribution in [0.3, 0.4) is 0 Å². The van der Waals surface area contributed by atoms with Crippen LogP contribution in [0.2, 0.25) is 0 Å². The molecule has 0 spiro atoms. The van der Waals surface area contributed by atoms with Crippen molar-refractivity contribution in [3.8, 4) is 11.5 Å². The van der Waals surface area contributed by atoms with E-state index in [4.69, 9.17) is 4.42 Å². The summed E-state index contributed by atoms with van der Waals surface area (Å²) >= 11 is 0. The van der Waals surface area contributed by atoms with Gasteiger partial charge in [0, 0.05) is 11.1 Å². The molecule has 0 aliphatic heterocycles. The summed E-state index contributed by atoms with van der Waals surface area (Å²) in [6.07, 6.45) is -0.469. The first kappa shape index (κ1) is 13.7. The van der Waals surface area contributed by atoms with Gasteiger partial charge < -0.3 is 14.8 Å². The lowest BCUT2D eigenvalue weighted by atomic mass is 9.99. The van der Waals surface area contributed by atoms with Crippen molar-refractivity contribution in [1.82, 2.24) is 15.5 Å². The van der Waals surface area contributed by atoms with E-state index in [0.717, 1.165) is 5.56 Å². The maximum atomic E-state index is 9.61. The van der Waals surface area contributed by atoms with E-state index in [2.05, 4.69) is 15.5 Å². The molecule has 19 heavy (non-hydrogen) atoms. The second-order valence-electron chi connectivity index (χ2n) is 5.12. The van der Waals surface area contributed by atoms with Gasteiger partial charge in [0.2, 0.25) is 11.8 Å². The number of aliphatic hydroxyl groups is 1. The van der Waals surface area contributed by atoms with E-state index in [9.17, 15) is 5.11 Å². The van der Waals surface area contributed by atoms with Crippen molar-refractivity contribution in [2.24, 2.45) is 0 Å². The van der Waals surface area contributed by atoms with Crippen molar-refractivity contribution in [3.63, 3.8) is 0 Å². The van der Waals surface area contributed by atoms with E-state index in [1.807, 2.05) is 44.2 Å². The fraction of sp³-hybridized carbons (Fsp3) is 0.429. The summed E-state index contributed by atoms with van der Waals surface area (Å²) in [6, 6.07) is 9.63. The average molecular weight is 261 g/mol. The summed E-state index contributed by atoms with van der Waals surface area (Å²) in [5, 5.41) is 20.8. The molecule has 2 aromatic rings. The van der Waals surface area contributed by atoms with Gasteiger partial charge in [-0.25, -0.2) is 0 Å². The smallest absolute Gasteiger partial charge is 0.247 e. The number of nitrogens with one attached hydrogen (secondary N) is 1. The van der Waals surface area contributed by atoms with Crippen LogP contribution in [-0.2, 0) is 6.54 Å². The Balaban J connectivity index is 2.03. The third-order valence-corrected chi connectivity index (χ3v) is 3.23. The number of aromatic nitrogens is 2. The van der Waals surface area contributed by atoms with Crippen LogP contribution < -0.4 is 5.32 Å². The molecule has 0 bridgehead atoms. The van der Waals surface area contributed by atoms with E-state index in [-0.39, 0.29) is 0 Å². The highest BCUT2D eigenvalue weighted by atomic mass is 16.4. The van der Waals surface area contributed by atoms with Crippen LogP contribution in [0.15, 0.2) is 34.7 Å². The van der Waals surface area contributed by atoms with Gasteiger partial charge in [-0.2, -0.15) is 0 Å². The van der Waals surface area contributed by atoms with Crippen LogP contribution in [0.1, 0.15) is 26.7 Å². The molecular weight excluding hydrogens is 242 g/mol. The van der Waals surface area contributed by atoms with Gasteiger partial charge in [0.05, 0.1) is 12.6 Å². The molecule has 0 amide bonds. The third-order valence-electron chi connectivity index (χ3n) is 3.23. The van der Waals surface area contributed by atoms with Gasteiger partial charge in [0.25, 0.3) is 0 Å². The summed E-state index contributed by atoms with van der Waals surface area (Å²) in [6.45, 7) is 6.02. The second-order valence-corrected chi connectivity index (χ2v) is 5.12. The first-order chi connectivity index (χ1) is 8.99. The summed E-state index contributed by atoms with van der Waals surface area (Å²) in [5.74, 6) is 1.01. The Labute approximate surface area is 112 Å². The molecule has 0 radical (unpaired) electrons. The molecule has 2 N–H and O–H groups in total. The highest BCUT2D eigenvalue weighted by Gasteiger charge is 2.24. The second kappa shape index (κ2) is 5.50. The minimum absolute atomic E-state index is 0.401. The zero-order valence-electron chi connectivity index (χ0n) is 11.4. The highest BCUT2D eigenvalue weighted by Crippen LogP contribution is 2.17. The third kappa shape index (κ3) is 3.39. The Kier molecular flexibility index (Phi) is 3.97. The van der Waals surface area contributed by atoms with Crippen LogP contribution in [-0.4, -0.2) is 26.9 Å². The molecule has 1 aromatic heterocycles. The molecule has 5 nitrogen and oxygen atoms in total. The minimum Gasteiger partial charge on any atom is -0.419 e. The average Bonchev–Trinajstić information content (AvgIpc) is 2.86. The fourth-order valence-electron chi connectivity index (χ4n) is 1.47. The lowest BCUT2D eigenvalue weighted by Gasteiger charge is -2.28. The van der Waals surface area contributed by atoms with Crippen LogP contribution in [0.4, 0.5) is 0 Å². The van der Waals surface area contributed by atoms with Gasteiger partial charge in [0.1, 0.15) is 0 Å². The predicted octanol–water partition coefficient (Wildman–Crippen LogP) is 1.99. The largest absolute Gasteiger partial charge is 0.419 e. The standard InChI is InChI=1S/C14H19N3O2/c1-10(18)14(2,3)15-9-12-16-17-13(19-12)11-7-5-4-6-8-11/h4-8,10,15,18H,9H2,1-3H3. The van der Waals surface area contributed by atoms with E-state index in [1.165, 1.54) is 0 Å². The van der Waals surface area contributed by atoms with Crippen LogP contribution in [0.5, 0.6) is 0 Å². The molecule has 1 atom stereocenters. The maximum absolute atomic E-state index is 9.61. The van der Waals surface area contributed by atoms with Gasteiger partial charge in [-0.05, 0) is 32.9 Å². The van der Waals surface area contributed by atoms with Crippen molar-refractivity contribution in [1.29, 1.82) is 0 Å². The topological polar surface area (TPSA) is 71.2 Å². The maximum Gasteiger partial charge on any atom is 0.247 e. The van der Waals surface area contributed by atoms with Gasteiger partial charge in [0.15, 0.2) is 0 Å². The molecule has 1 heterocycles. The van der Waals surface area contributed by atoms with E-state index < -0.39 is 11.6 Å². The molecule has 5 heteroatoms. The molecular formula is C14H19N3O2. The Hall–Kier alpha value is -1.72. The minimum atomic E-state index is -0.469. The van der Waals surface area contributed by atoms with Gasteiger partial charge >= 0.3 is 0 Å². The summed E-state index contributed by atoms with van der Waals surface area (Å²) in [5.41, 5.74) is 0.498. The van der Waals surface area contributed by atoms with Gasteiger partial charge in [-0.15, -0.1) is 10.2 Å². The Morgan fingerprint density at radius 2 is 1.95 bits per heavy atom. The monoisotopic (exact) mass is 261 g/mol. The van der Waals surface area contributed by atoms with Crippen molar-refractivity contribution in [2.45, 2.75) is 39.0 Å². The SMILES string of the molecule is CC(O)C(C)(C)NCc1nnc(-c2ccccc2)o1. The van der Waals surface area contributed by atoms with Crippen LogP contribution in [0, 0.1) is 0 Å². The number of benzene rings is 1. The molecule has 1 aromatic carbocycles. The van der Waals surface area contributed by atoms with Crippen molar-refractivity contribution in [3.05, 3.63) is 36.2 Å².